The highest BCUT2D eigenvalue weighted by atomic mass is 16.3. The van der Waals surface area contributed by atoms with Crippen molar-refractivity contribution in [3.05, 3.63) is 60.3 Å². The van der Waals surface area contributed by atoms with Gasteiger partial charge in [0.1, 0.15) is 11.7 Å². The molecule has 1 aromatic carbocycles. The molecule has 10 nitrogen and oxygen atoms in total. The fraction of sp³-hybridized carbons (Fsp3) is 0.333. The van der Waals surface area contributed by atoms with Crippen LogP contribution in [0.25, 0.3) is 11.1 Å². The Morgan fingerprint density at radius 3 is 2.32 bits per heavy atom. The van der Waals surface area contributed by atoms with E-state index in [0.29, 0.717) is 11.5 Å². The molecule has 0 amide bonds. The third-order valence-electron chi connectivity index (χ3n) is 6.09. The van der Waals surface area contributed by atoms with Crippen molar-refractivity contribution in [2.24, 2.45) is 4.99 Å². The number of hydrogen-bond donors (Lipinski definition) is 3. The normalized spacial score (nSPS) is 15.1. The second kappa shape index (κ2) is 9.92. The lowest BCUT2D eigenvalue weighted by atomic mass is 9.63. The zero-order valence-electron chi connectivity index (χ0n) is 19.4. The highest BCUT2D eigenvalue weighted by Gasteiger charge is 2.43. The molecule has 0 unspecified atom stereocenters. The fourth-order valence-corrected chi connectivity index (χ4v) is 3.89. The maximum Gasteiger partial charge on any atom is 0.386 e. The van der Waals surface area contributed by atoms with Gasteiger partial charge in [0.25, 0.3) is 0 Å². The number of nitrogens with zero attached hydrogens (tertiary/aromatic N) is 6. The number of nitrogens with two attached hydrogens (primary N) is 1. The van der Waals surface area contributed by atoms with Crippen molar-refractivity contribution >= 4 is 23.5 Å². The summed E-state index contributed by atoms with van der Waals surface area (Å²) in [7, 11) is 4.01. The number of hydrogen-bond acceptors (Lipinski definition) is 8. The second-order valence-electron chi connectivity index (χ2n) is 8.67. The third-order valence-corrected chi connectivity index (χ3v) is 6.09. The number of rotatable bonds is 8. The number of aromatic nitrogens is 4. The van der Waals surface area contributed by atoms with Crippen LogP contribution in [-0.4, -0.2) is 68.9 Å². The first kappa shape index (κ1) is 23.2. The van der Waals surface area contributed by atoms with Gasteiger partial charge in [0.15, 0.2) is 5.69 Å². The van der Waals surface area contributed by atoms with Crippen LogP contribution in [0.2, 0.25) is 0 Å². The second-order valence-corrected chi connectivity index (χ2v) is 8.67. The van der Waals surface area contributed by atoms with E-state index in [1.54, 1.807) is 18.6 Å². The summed E-state index contributed by atoms with van der Waals surface area (Å²) < 4.78 is 0. The lowest BCUT2D eigenvalue weighted by molar-refractivity contribution is 0.336. The Bertz CT molecular complexity index is 1150. The van der Waals surface area contributed by atoms with Crippen LogP contribution in [0, 0.1) is 5.41 Å². The van der Waals surface area contributed by atoms with E-state index in [1.807, 2.05) is 38.4 Å². The molecule has 1 aliphatic carbocycles. The first-order chi connectivity index (χ1) is 16.4. The van der Waals surface area contributed by atoms with Gasteiger partial charge in [-0.1, -0.05) is 30.7 Å². The smallest absolute Gasteiger partial charge is 0.386 e. The Morgan fingerprint density at radius 2 is 1.76 bits per heavy atom. The molecule has 3 aromatic rings. The standard InChI is InChI=1S/C24H29N9O/c1-33(2)11-10-27-20-15-28-19(14-29-20)21(34)32-22(25)24(8-3-9-24)18-6-4-16(5-7-18)17-12-30-23(26)31-13-17/h4-7,12-15H,3,8-11H2,1-2H3,(H,27,29)(H2,25,32,34)(H2,26,30,31)/p+1. The molecule has 1 saturated carbocycles. The van der Waals surface area contributed by atoms with Gasteiger partial charge in [-0.3, -0.25) is 5.41 Å². The predicted octanol–water partition coefficient (Wildman–Crippen LogP) is 2.06. The van der Waals surface area contributed by atoms with Gasteiger partial charge < -0.3 is 21.1 Å². The fourth-order valence-electron chi connectivity index (χ4n) is 3.89. The summed E-state index contributed by atoms with van der Waals surface area (Å²) in [5, 5.41) is 20.3. The summed E-state index contributed by atoms with van der Waals surface area (Å²) in [6.45, 7) is 1.63. The Hall–Kier alpha value is -3.92. The molecule has 2 aromatic heterocycles. The van der Waals surface area contributed by atoms with E-state index in [0.717, 1.165) is 49.0 Å². The van der Waals surface area contributed by atoms with Crippen molar-refractivity contribution in [3.8, 4) is 11.1 Å². The maximum atomic E-state index is 8.72. The highest BCUT2D eigenvalue weighted by Crippen LogP contribution is 2.45. The summed E-state index contributed by atoms with van der Waals surface area (Å²) in [5.41, 5.74) is 8.31. The monoisotopic (exact) mass is 460 g/mol. The first-order valence-corrected chi connectivity index (χ1v) is 11.2. The van der Waals surface area contributed by atoms with Crippen molar-refractivity contribution < 1.29 is 5.11 Å². The molecule has 1 fully saturated rings. The molecule has 0 atom stereocenters. The lowest BCUT2D eigenvalue weighted by Gasteiger charge is -2.41. The van der Waals surface area contributed by atoms with E-state index >= 15 is 0 Å². The van der Waals surface area contributed by atoms with E-state index < -0.39 is 5.41 Å². The van der Waals surface area contributed by atoms with E-state index in [1.165, 1.54) is 6.20 Å². The average Bonchev–Trinajstić information content (AvgIpc) is 2.79. The highest BCUT2D eigenvalue weighted by molar-refractivity contribution is 6.04. The molecule has 10 heteroatoms. The lowest BCUT2D eigenvalue weighted by Crippen LogP contribution is -2.41. The maximum absolute atomic E-state index is 8.72. The van der Waals surface area contributed by atoms with Gasteiger partial charge in [-0.25, -0.2) is 19.9 Å². The molecule has 1 aliphatic rings. The van der Waals surface area contributed by atoms with Gasteiger partial charge in [0.2, 0.25) is 5.95 Å². The Labute approximate surface area is 198 Å². The van der Waals surface area contributed by atoms with Gasteiger partial charge in [0.05, 0.1) is 17.8 Å². The van der Waals surface area contributed by atoms with Gasteiger partial charge in [-0.05, 0) is 38.1 Å². The van der Waals surface area contributed by atoms with Crippen LogP contribution in [0.3, 0.4) is 0 Å². The zero-order valence-corrected chi connectivity index (χ0v) is 19.4. The van der Waals surface area contributed by atoms with Crippen molar-refractivity contribution in [3.63, 3.8) is 0 Å². The molecule has 0 saturated heterocycles. The van der Waals surface area contributed by atoms with Crippen molar-refractivity contribution in [1.82, 2.24) is 24.8 Å². The number of nitrogen functional groups attached to an aromatic ring is 1. The molecule has 0 radical (unpaired) electrons. The number of aliphatic imine (C=N–C) groups is 1. The van der Waals surface area contributed by atoms with Gasteiger partial charge >= 0.3 is 5.90 Å². The van der Waals surface area contributed by atoms with Crippen LogP contribution >= 0.6 is 0 Å². The summed E-state index contributed by atoms with van der Waals surface area (Å²) in [5.74, 6) is 1.02. The Kier molecular flexibility index (Phi) is 6.78. The van der Waals surface area contributed by atoms with Crippen LogP contribution < -0.4 is 11.1 Å². The molecule has 0 spiro atoms. The predicted molar refractivity (Wildman–Crippen MR) is 134 cm³/mol. The SMILES string of the molecule is CN(C)CCNc1cnc(C([OH2+])=NC(=N)C2(c3ccc(-c4cnc(N)nc4)cc3)CCC2)cn1. The summed E-state index contributed by atoms with van der Waals surface area (Å²) in [6, 6.07) is 8.03. The number of likely N-dealkylation sites (N-methyl/N-ethyl adjacent to an activating group) is 1. The van der Waals surface area contributed by atoms with Gasteiger partial charge in [-0.15, -0.1) is 4.99 Å². The molecule has 2 heterocycles. The molecule has 4 rings (SSSR count). The number of nitrogens with one attached hydrogen (secondary N) is 2. The van der Waals surface area contributed by atoms with E-state index in [9.17, 15) is 0 Å². The van der Waals surface area contributed by atoms with Crippen molar-refractivity contribution in [2.75, 3.05) is 38.2 Å². The minimum Gasteiger partial charge on any atom is -0.577 e. The molecule has 176 valence electrons. The van der Waals surface area contributed by atoms with Crippen LogP contribution in [0.5, 0.6) is 0 Å². The largest absolute Gasteiger partial charge is 0.577 e. The molecule has 0 bridgehead atoms. The number of anilines is 2. The molecular weight excluding hydrogens is 430 g/mol. The number of amidine groups is 1. The average molecular weight is 461 g/mol. The van der Waals surface area contributed by atoms with E-state index in [4.69, 9.17) is 16.2 Å². The Morgan fingerprint density at radius 1 is 1.06 bits per heavy atom. The van der Waals surface area contributed by atoms with Gasteiger partial charge in [-0.2, -0.15) is 0 Å². The zero-order chi connectivity index (χ0) is 24.1. The third kappa shape index (κ3) is 5.01. The van der Waals surface area contributed by atoms with Crippen LogP contribution in [0.4, 0.5) is 11.8 Å². The topological polar surface area (TPSA) is 152 Å². The quantitative estimate of drug-likeness (QED) is 0.264. The summed E-state index contributed by atoms with van der Waals surface area (Å²) in [4.78, 5) is 23.1. The molecule has 34 heavy (non-hydrogen) atoms. The molecule has 6 N–H and O–H groups in total. The minimum atomic E-state index is -0.483. The molecular formula is C24H30N9O+. The van der Waals surface area contributed by atoms with Crippen LogP contribution in [0.15, 0.2) is 54.0 Å². The van der Waals surface area contributed by atoms with Crippen LogP contribution in [0.1, 0.15) is 30.5 Å². The van der Waals surface area contributed by atoms with E-state index in [2.05, 4.69) is 35.1 Å². The number of benzene rings is 1. The van der Waals surface area contributed by atoms with Crippen LogP contribution in [-0.2, 0) is 5.41 Å². The van der Waals surface area contributed by atoms with Crippen molar-refractivity contribution in [2.45, 2.75) is 24.7 Å². The first-order valence-electron chi connectivity index (χ1n) is 11.2. The van der Waals surface area contributed by atoms with Crippen molar-refractivity contribution in [1.29, 1.82) is 5.41 Å². The Balaban J connectivity index is 1.48. The van der Waals surface area contributed by atoms with E-state index in [-0.39, 0.29) is 17.7 Å². The van der Waals surface area contributed by atoms with Gasteiger partial charge in [0, 0.05) is 31.0 Å². The summed E-state index contributed by atoms with van der Waals surface area (Å²) in [6.07, 6.45) is 9.18. The minimum absolute atomic E-state index is 0.0562. The molecule has 0 aliphatic heterocycles. The summed E-state index contributed by atoms with van der Waals surface area (Å²) >= 11 is 0.